The van der Waals surface area contributed by atoms with Gasteiger partial charge in [0.2, 0.25) is 0 Å². The topological polar surface area (TPSA) is 31.4 Å². The van der Waals surface area contributed by atoms with Crippen molar-refractivity contribution in [3.8, 4) is 0 Å². The second kappa shape index (κ2) is 8.57. The van der Waals surface area contributed by atoms with Gasteiger partial charge in [0.05, 0.1) is 5.52 Å². The van der Waals surface area contributed by atoms with E-state index >= 15 is 0 Å². The molecule has 2 saturated heterocycles. The normalized spacial score (nSPS) is 19.9. The van der Waals surface area contributed by atoms with E-state index in [1.165, 1.54) is 62.0 Å². The summed E-state index contributed by atoms with van der Waals surface area (Å²) < 4.78 is 0. The van der Waals surface area contributed by atoms with Crippen LogP contribution in [0.5, 0.6) is 0 Å². The van der Waals surface area contributed by atoms with Crippen LogP contribution in [0.3, 0.4) is 0 Å². The Morgan fingerprint density at radius 2 is 1.78 bits per heavy atom. The first-order valence-electron chi connectivity index (χ1n) is 10.8. The molecule has 0 radical (unpaired) electrons. The number of benzene rings is 1. The Morgan fingerprint density at radius 1 is 1.04 bits per heavy atom. The number of nitrogens with zero attached hydrogens (tertiary/aromatic N) is 3. The minimum absolute atomic E-state index is 0.626. The molecule has 4 nitrogen and oxygen atoms in total. The van der Waals surface area contributed by atoms with Crippen molar-refractivity contribution in [2.75, 3.05) is 31.1 Å². The van der Waals surface area contributed by atoms with Crippen LogP contribution in [0.25, 0.3) is 10.9 Å². The Kier molecular flexibility index (Phi) is 5.94. The molecule has 2 aliphatic rings. The van der Waals surface area contributed by atoms with Gasteiger partial charge in [-0.05, 0) is 71.2 Å². The molecule has 0 aliphatic carbocycles. The SMILES string of the molecule is CC(C)N1CCC(NCc2cc3ccccc3nc2N2CCCCC2)CC1. The van der Waals surface area contributed by atoms with Crippen molar-refractivity contribution >= 4 is 16.7 Å². The van der Waals surface area contributed by atoms with Crippen LogP contribution in [0.15, 0.2) is 30.3 Å². The van der Waals surface area contributed by atoms with Gasteiger partial charge in [-0.3, -0.25) is 0 Å². The number of fused-ring (bicyclic) bond motifs is 1. The first-order valence-corrected chi connectivity index (χ1v) is 10.8. The average Bonchev–Trinajstić information content (AvgIpc) is 2.72. The lowest BCUT2D eigenvalue weighted by Gasteiger charge is -2.35. The highest BCUT2D eigenvalue weighted by atomic mass is 15.2. The maximum Gasteiger partial charge on any atom is 0.133 e. The molecule has 1 N–H and O–H groups in total. The third kappa shape index (κ3) is 4.44. The fourth-order valence-corrected chi connectivity index (χ4v) is 4.53. The van der Waals surface area contributed by atoms with Gasteiger partial charge in [0.15, 0.2) is 0 Å². The number of nitrogens with one attached hydrogen (secondary N) is 1. The van der Waals surface area contributed by atoms with E-state index in [0.717, 1.165) is 25.2 Å². The van der Waals surface area contributed by atoms with E-state index in [4.69, 9.17) is 4.98 Å². The number of piperidine rings is 2. The van der Waals surface area contributed by atoms with E-state index in [9.17, 15) is 0 Å². The van der Waals surface area contributed by atoms with Crippen molar-refractivity contribution in [3.63, 3.8) is 0 Å². The molecule has 0 saturated carbocycles. The molecule has 0 atom stereocenters. The number of likely N-dealkylation sites (tertiary alicyclic amines) is 1. The molecule has 3 heterocycles. The second-order valence-electron chi connectivity index (χ2n) is 8.50. The summed E-state index contributed by atoms with van der Waals surface area (Å²) in [4.78, 5) is 10.2. The number of hydrogen-bond acceptors (Lipinski definition) is 4. The van der Waals surface area contributed by atoms with E-state index in [0.29, 0.717) is 12.1 Å². The highest BCUT2D eigenvalue weighted by Crippen LogP contribution is 2.26. The van der Waals surface area contributed by atoms with Gasteiger partial charge in [0.25, 0.3) is 0 Å². The summed E-state index contributed by atoms with van der Waals surface area (Å²) in [6.07, 6.45) is 6.42. The fourth-order valence-electron chi connectivity index (χ4n) is 4.53. The van der Waals surface area contributed by atoms with Crippen molar-refractivity contribution < 1.29 is 0 Å². The Bertz CT molecular complexity index is 743. The lowest BCUT2D eigenvalue weighted by molar-refractivity contribution is 0.161. The Labute approximate surface area is 163 Å². The van der Waals surface area contributed by atoms with E-state index in [1.54, 1.807) is 0 Å². The number of para-hydroxylation sites is 1. The quantitative estimate of drug-likeness (QED) is 0.860. The summed E-state index contributed by atoms with van der Waals surface area (Å²) in [5.41, 5.74) is 2.48. The molecule has 2 aromatic rings. The van der Waals surface area contributed by atoms with Crippen LogP contribution >= 0.6 is 0 Å². The lowest BCUT2D eigenvalue weighted by atomic mass is 10.0. The van der Waals surface area contributed by atoms with Gasteiger partial charge < -0.3 is 15.1 Å². The summed E-state index contributed by atoms with van der Waals surface area (Å²) >= 11 is 0. The van der Waals surface area contributed by atoms with Gasteiger partial charge in [0, 0.05) is 42.7 Å². The molecule has 27 heavy (non-hydrogen) atoms. The Morgan fingerprint density at radius 3 is 2.52 bits per heavy atom. The van der Waals surface area contributed by atoms with E-state index in [2.05, 4.69) is 59.3 Å². The summed E-state index contributed by atoms with van der Waals surface area (Å²) in [7, 11) is 0. The van der Waals surface area contributed by atoms with Gasteiger partial charge in [-0.15, -0.1) is 0 Å². The van der Waals surface area contributed by atoms with Crippen molar-refractivity contribution in [3.05, 3.63) is 35.9 Å². The van der Waals surface area contributed by atoms with Crippen molar-refractivity contribution in [1.29, 1.82) is 0 Å². The minimum Gasteiger partial charge on any atom is -0.356 e. The van der Waals surface area contributed by atoms with Crippen LogP contribution in [0.4, 0.5) is 5.82 Å². The van der Waals surface area contributed by atoms with Crippen LogP contribution in [0, 0.1) is 0 Å². The second-order valence-corrected chi connectivity index (χ2v) is 8.50. The van der Waals surface area contributed by atoms with Gasteiger partial charge >= 0.3 is 0 Å². The standard InChI is InChI=1S/C23H34N4/c1-18(2)26-14-10-21(11-15-26)24-17-20-16-19-8-4-5-9-22(19)25-23(20)27-12-6-3-7-13-27/h4-5,8-9,16,18,21,24H,3,6-7,10-15,17H2,1-2H3. The third-order valence-electron chi connectivity index (χ3n) is 6.28. The van der Waals surface area contributed by atoms with E-state index < -0.39 is 0 Å². The van der Waals surface area contributed by atoms with Crippen LogP contribution in [0.1, 0.15) is 51.5 Å². The van der Waals surface area contributed by atoms with Crippen molar-refractivity contribution in [1.82, 2.24) is 15.2 Å². The number of hydrogen-bond donors (Lipinski definition) is 1. The first-order chi connectivity index (χ1) is 13.2. The van der Waals surface area contributed by atoms with Gasteiger partial charge in [-0.25, -0.2) is 4.98 Å². The van der Waals surface area contributed by atoms with Crippen LogP contribution in [-0.4, -0.2) is 48.1 Å². The first kappa shape index (κ1) is 18.7. The Hall–Kier alpha value is -1.65. The summed E-state index contributed by atoms with van der Waals surface area (Å²) in [6, 6.07) is 12.2. The zero-order chi connectivity index (χ0) is 18.6. The molecule has 2 aliphatic heterocycles. The smallest absolute Gasteiger partial charge is 0.133 e. The molecular formula is C23H34N4. The number of rotatable bonds is 5. The van der Waals surface area contributed by atoms with Crippen molar-refractivity contribution in [2.45, 2.75) is 64.6 Å². The molecule has 0 bridgehead atoms. The zero-order valence-corrected chi connectivity index (χ0v) is 17.0. The average molecular weight is 367 g/mol. The molecule has 1 aromatic heterocycles. The van der Waals surface area contributed by atoms with Crippen LogP contribution in [0.2, 0.25) is 0 Å². The van der Waals surface area contributed by atoms with Gasteiger partial charge in [-0.1, -0.05) is 18.2 Å². The molecule has 146 valence electrons. The molecule has 4 heteroatoms. The Balaban J connectivity index is 1.49. The van der Waals surface area contributed by atoms with Gasteiger partial charge in [-0.2, -0.15) is 0 Å². The minimum atomic E-state index is 0.626. The van der Waals surface area contributed by atoms with Gasteiger partial charge in [0.1, 0.15) is 5.82 Å². The number of anilines is 1. The molecule has 0 spiro atoms. The third-order valence-corrected chi connectivity index (χ3v) is 6.28. The predicted octanol–water partition coefficient (Wildman–Crippen LogP) is 4.19. The lowest BCUT2D eigenvalue weighted by Crippen LogP contribution is -2.44. The van der Waals surface area contributed by atoms with E-state index in [-0.39, 0.29) is 0 Å². The molecule has 2 fully saturated rings. The summed E-state index contributed by atoms with van der Waals surface area (Å²) in [6.45, 7) is 10.2. The number of pyridine rings is 1. The highest BCUT2D eigenvalue weighted by molar-refractivity contribution is 5.81. The maximum atomic E-state index is 5.08. The monoisotopic (exact) mass is 366 g/mol. The molecule has 0 unspecified atom stereocenters. The summed E-state index contributed by atoms with van der Waals surface area (Å²) in [5.74, 6) is 1.21. The zero-order valence-electron chi connectivity index (χ0n) is 17.0. The molecule has 4 rings (SSSR count). The number of aromatic nitrogens is 1. The fraction of sp³-hybridized carbons (Fsp3) is 0.609. The van der Waals surface area contributed by atoms with Crippen LogP contribution < -0.4 is 10.2 Å². The molecular weight excluding hydrogens is 332 g/mol. The van der Waals surface area contributed by atoms with Crippen LogP contribution in [-0.2, 0) is 6.54 Å². The highest BCUT2D eigenvalue weighted by Gasteiger charge is 2.22. The van der Waals surface area contributed by atoms with Crippen molar-refractivity contribution in [2.24, 2.45) is 0 Å². The largest absolute Gasteiger partial charge is 0.356 e. The van der Waals surface area contributed by atoms with E-state index in [1.807, 2.05) is 0 Å². The molecule has 0 amide bonds. The maximum absolute atomic E-state index is 5.08. The summed E-state index contributed by atoms with van der Waals surface area (Å²) in [5, 5.41) is 5.10. The predicted molar refractivity (Wildman–Crippen MR) is 114 cm³/mol. The molecule has 1 aromatic carbocycles.